The second-order valence-electron chi connectivity index (χ2n) is 5.85. The van der Waals surface area contributed by atoms with Gasteiger partial charge < -0.3 is 4.42 Å². The van der Waals surface area contributed by atoms with Crippen LogP contribution in [-0.2, 0) is 12.7 Å². The molecule has 0 aliphatic rings. The first-order chi connectivity index (χ1) is 13.4. The number of benzene rings is 2. The van der Waals surface area contributed by atoms with E-state index in [9.17, 15) is 17.6 Å². The highest BCUT2D eigenvalue weighted by Crippen LogP contribution is 2.31. The van der Waals surface area contributed by atoms with Crippen molar-refractivity contribution in [1.82, 2.24) is 25.2 Å². The summed E-state index contributed by atoms with van der Waals surface area (Å²) in [5.41, 5.74) is 0.0508. The smallest absolute Gasteiger partial charge is 0.416 e. The Morgan fingerprint density at radius 2 is 1.79 bits per heavy atom. The van der Waals surface area contributed by atoms with Gasteiger partial charge in [0.1, 0.15) is 12.4 Å². The van der Waals surface area contributed by atoms with Crippen molar-refractivity contribution in [2.75, 3.05) is 0 Å². The second kappa shape index (κ2) is 6.87. The average molecular weight is 389 g/mol. The normalized spacial score (nSPS) is 11.7. The largest absolute Gasteiger partial charge is 0.439 e. The Balaban J connectivity index is 1.52. The van der Waals surface area contributed by atoms with Crippen LogP contribution in [0.4, 0.5) is 17.6 Å². The van der Waals surface area contributed by atoms with Crippen LogP contribution in [0.1, 0.15) is 11.5 Å². The Morgan fingerprint density at radius 3 is 2.54 bits per heavy atom. The molecule has 2 aromatic carbocycles. The van der Waals surface area contributed by atoms with Crippen molar-refractivity contribution >= 4 is 0 Å². The number of hydrogen-bond acceptors (Lipinski definition) is 5. The van der Waals surface area contributed by atoms with Gasteiger partial charge in [-0.1, -0.05) is 12.1 Å². The van der Waals surface area contributed by atoms with Gasteiger partial charge in [0.15, 0.2) is 5.76 Å². The zero-order valence-electron chi connectivity index (χ0n) is 14.1. The van der Waals surface area contributed by atoms with Crippen LogP contribution in [0.3, 0.4) is 0 Å². The maximum atomic E-state index is 13.0. The summed E-state index contributed by atoms with van der Waals surface area (Å²) in [7, 11) is 0. The number of nitrogens with zero attached hydrogens (tertiary/aromatic N) is 5. The van der Waals surface area contributed by atoms with Crippen molar-refractivity contribution in [3.8, 4) is 22.7 Å². The molecule has 4 rings (SSSR count). The van der Waals surface area contributed by atoms with Gasteiger partial charge in [-0.05, 0) is 41.6 Å². The van der Waals surface area contributed by atoms with Gasteiger partial charge in [0.2, 0.25) is 11.7 Å². The first-order valence-electron chi connectivity index (χ1n) is 8.04. The van der Waals surface area contributed by atoms with Crippen molar-refractivity contribution in [2.24, 2.45) is 0 Å². The summed E-state index contributed by atoms with van der Waals surface area (Å²) < 4.78 is 57.1. The van der Waals surface area contributed by atoms with Crippen LogP contribution in [0.5, 0.6) is 0 Å². The summed E-state index contributed by atoms with van der Waals surface area (Å²) in [4.78, 5) is 5.26. The maximum absolute atomic E-state index is 13.0. The third-order valence-electron chi connectivity index (χ3n) is 3.86. The van der Waals surface area contributed by atoms with Crippen LogP contribution in [0.2, 0.25) is 0 Å². The van der Waals surface area contributed by atoms with E-state index in [1.165, 1.54) is 30.5 Å². The number of halogens is 4. The number of aromatic nitrogens is 5. The quantitative estimate of drug-likeness (QED) is 0.489. The lowest BCUT2D eigenvalue weighted by molar-refractivity contribution is -0.137. The molecular weight excluding hydrogens is 378 g/mol. The minimum absolute atomic E-state index is 0.0349. The van der Waals surface area contributed by atoms with E-state index in [4.69, 9.17) is 4.42 Å². The van der Waals surface area contributed by atoms with Crippen LogP contribution >= 0.6 is 0 Å². The SMILES string of the molecule is Fc1ccc(-c2cnc(Cn3nnc(-c4cccc(C(F)(F)F)c4)n3)o2)cc1. The molecule has 0 N–H and O–H groups in total. The molecule has 0 fully saturated rings. The van der Waals surface area contributed by atoms with Gasteiger partial charge in [0.25, 0.3) is 0 Å². The molecule has 0 aliphatic carbocycles. The van der Waals surface area contributed by atoms with Crippen molar-refractivity contribution in [3.63, 3.8) is 0 Å². The minimum atomic E-state index is -4.46. The van der Waals surface area contributed by atoms with Crippen LogP contribution in [0, 0.1) is 5.82 Å². The van der Waals surface area contributed by atoms with E-state index in [1.807, 2.05) is 0 Å². The number of oxazole rings is 1. The maximum Gasteiger partial charge on any atom is 0.416 e. The van der Waals surface area contributed by atoms with Gasteiger partial charge in [0.05, 0.1) is 11.8 Å². The summed E-state index contributed by atoms with van der Waals surface area (Å²) in [5, 5.41) is 11.7. The number of alkyl halides is 3. The van der Waals surface area contributed by atoms with Crippen molar-refractivity contribution < 1.29 is 22.0 Å². The molecule has 28 heavy (non-hydrogen) atoms. The molecule has 0 radical (unpaired) electrons. The third kappa shape index (κ3) is 3.75. The minimum Gasteiger partial charge on any atom is -0.439 e. The lowest BCUT2D eigenvalue weighted by Gasteiger charge is -2.06. The summed E-state index contributed by atoms with van der Waals surface area (Å²) in [6.07, 6.45) is -2.98. The molecule has 4 aromatic rings. The predicted molar refractivity (Wildman–Crippen MR) is 89.3 cm³/mol. The molecule has 0 aliphatic heterocycles. The lowest BCUT2D eigenvalue weighted by atomic mass is 10.1. The Bertz CT molecular complexity index is 1100. The van der Waals surface area contributed by atoms with Crippen LogP contribution in [-0.4, -0.2) is 25.2 Å². The Labute approximate surface area is 155 Å². The predicted octanol–water partition coefficient (Wildman–Crippen LogP) is 4.20. The van der Waals surface area contributed by atoms with Gasteiger partial charge in [-0.15, -0.1) is 10.2 Å². The van der Waals surface area contributed by atoms with Crippen molar-refractivity contribution in [2.45, 2.75) is 12.7 Å². The van der Waals surface area contributed by atoms with Crippen LogP contribution in [0.25, 0.3) is 22.7 Å². The molecule has 0 saturated carbocycles. The van der Waals surface area contributed by atoms with Crippen LogP contribution in [0.15, 0.2) is 59.1 Å². The number of tetrazole rings is 1. The molecule has 0 bridgehead atoms. The van der Waals surface area contributed by atoms with Crippen molar-refractivity contribution in [1.29, 1.82) is 0 Å². The molecule has 0 amide bonds. The first-order valence-corrected chi connectivity index (χ1v) is 8.04. The molecule has 2 heterocycles. The zero-order valence-corrected chi connectivity index (χ0v) is 14.1. The highest BCUT2D eigenvalue weighted by Gasteiger charge is 2.30. The highest BCUT2D eigenvalue weighted by atomic mass is 19.4. The van der Waals surface area contributed by atoms with Gasteiger partial charge in [-0.2, -0.15) is 18.0 Å². The molecule has 2 aromatic heterocycles. The molecule has 0 spiro atoms. The van der Waals surface area contributed by atoms with E-state index < -0.39 is 11.7 Å². The molecule has 0 saturated heterocycles. The summed E-state index contributed by atoms with van der Waals surface area (Å²) >= 11 is 0. The number of rotatable bonds is 4. The topological polar surface area (TPSA) is 69.6 Å². The molecule has 6 nitrogen and oxygen atoms in total. The van der Waals surface area contributed by atoms with Crippen LogP contribution < -0.4 is 0 Å². The van der Waals surface area contributed by atoms with E-state index >= 15 is 0 Å². The molecular formula is C18H11F4N5O. The summed E-state index contributed by atoms with van der Waals surface area (Å²) in [6, 6.07) is 10.4. The summed E-state index contributed by atoms with van der Waals surface area (Å²) in [5.74, 6) is 0.398. The Kier molecular flexibility index (Phi) is 4.38. The van der Waals surface area contributed by atoms with E-state index in [-0.39, 0.29) is 29.6 Å². The second-order valence-corrected chi connectivity index (χ2v) is 5.85. The zero-order chi connectivity index (χ0) is 19.7. The fraction of sp³-hybridized carbons (Fsp3) is 0.111. The van der Waals surface area contributed by atoms with Gasteiger partial charge in [0, 0.05) is 11.1 Å². The van der Waals surface area contributed by atoms with Crippen molar-refractivity contribution in [3.05, 3.63) is 72.0 Å². The fourth-order valence-corrected chi connectivity index (χ4v) is 2.51. The molecule has 10 heteroatoms. The van der Waals surface area contributed by atoms with E-state index in [1.54, 1.807) is 12.1 Å². The lowest BCUT2D eigenvalue weighted by Crippen LogP contribution is -2.05. The first kappa shape index (κ1) is 17.8. The molecule has 142 valence electrons. The van der Waals surface area contributed by atoms with E-state index in [0.717, 1.165) is 16.9 Å². The third-order valence-corrected chi connectivity index (χ3v) is 3.86. The van der Waals surface area contributed by atoms with Gasteiger partial charge in [-0.25, -0.2) is 9.37 Å². The fourth-order valence-electron chi connectivity index (χ4n) is 2.51. The Morgan fingerprint density at radius 1 is 1.00 bits per heavy atom. The summed E-state index contributed by atoms with van der Waals surface area (Å²) in [6.45, 7) is 0.0349. The molecule has 0 atom stereocenters. The Hall–Kier alpha value is -3.56. The van der Waals surface area contributed by atoms with Gasteiger partial charge in [-0.3, -0.25) is 0 Å². The van der Waals surface area contributed by atoms with E-state index in [2.05, 4.69) is 20.4 Å². The monoisotopic (exact) mass is 389 g/mol. The highest BCUT2D eigenvalue weighted by molar-refractivity contribution is 5.56. The van der Waals surface area contributed by atoms with Gasteiger partial charge >= 0.3 is 6.18 Å². The van der Waals surface area contributed by atoms with E-state index in [0.29, 0.717) is 11.3 Å². The average Bonchev–Trinajstić information content (AvgIpc) is 3.32. The standard InChI is InChI=1S/C18H11F4N5O/c19-14-6-4-11(5-7-14)15-9-23-16(28-15)10-27-25-17(24-26-27)12-2-1-3-13(8-12)18(20,21)22/h1-9H,10H2. The number of hydrogen-bond donors (Lipinski definition) is 0. The molecule has 0 unspecified atom stereocenters.